The second-order valence-electron chi connectivity index (χ2n) is 8.41. The molecule has 2 aromatic heterocycles. The van der Waals surface area contributed by atoms with E-state index in [2.05, 4.69) is 11.5 Å². The highest BCUT2D eigenvalue weighted by Gasteiger charge is 2.48. The number of hydrogen-bond donors (Lipinski definition) is 1. The summed E-state index contributed by atoms with van der Waals surface area (Å²) in [7, 11) is 0. The van der Waals surface area contributed by atoms with Gasteiger partial charge < -0.3 is 14.4 Å². The Kier molecular flexibility index (Phi) is 6.67. The van der Waals surface area contributed by atoms with Gasteiger partial charge in [-0.15, -0.1) is 0 Å². The predicted molar refractivity (Wildman–Crippen MR) is 123 cm³/mol. The molecule has 0 saturated carbocycles. The summed E-state index contributed by atoms with van der Waals surface area (Å²) in [5.41, 5.74) is 4.01. The monoisotopic (exact) mass is 437 g/mol. The number of pyridine rings is 1. The van der Waals surface area contributed by atoms with Crippen molar-refractivity contribution in [1.82, 2.24) is 14.5 Å². The van der Waals surface area contributed by atoms with Gasteiger partial charge in [0.15, 0.2) is 11.1 Å². The van der Waals surface area contributed by atoms with Gasteiger partial charge in [0, 0.05) is 18.0 Å². The van der Waals surface area contributed by atoms with Crippen LogP contribution in [0.2, 0.25) is 0 Å². The average Bonchev–Trinajstić information content (AvgIpc) is 3.10. The van der Waals surface area contributed by atoms with Gasteiger partial charge in [0.2, 0.25) is 0 Å². The summed E-state index contributed by atoms with van der Waals surface area (Å²) in [6, 6.07) is 9.74. The largest absolute Gasteiger partial charge is 0.480 e. The maximum Gasteiger partial charge on any atom is 0.323 e. The molecular formula is C25H31N3O4. The molecule has 0 bridgehead atoms. The molecule has 3 aromatic rings. The summed E-state index contributed by atoms with van der Waals surface area (Å²) >= 11 is 0. The Balaban J connectivity index is 1.93. The van der Waals surface area contributed by atoms with Gasteiger partial charge >= 0.3 is 11.9 Å². The minimum absolute atomic E-state index is 0.138. The number of aryl methyl sites for hydroxylation is 3. The van der Waals surface area contributed by atoms with Gasteiger partial charge in [0.05, 0.1) is 13.2 Å². The number of esters is 1. The maximum absolute atomic E-state index is 12.4. The van der Waals surface area contributed by atoms with E-state index in [9.17, 15) is 14.7 Å². The molecule has 0 amide bonds. The van der Waals surface area contributed by atoms with Crippen molar-refractivity contribution in [1.29, 1.82) is 0 Å². The predicted octanol–water partition coefficient (Wildman–Crippen LogP) is 4.42. The van der Waals surface area contributed by atoms with Gasteiger partial charge in [-0.25, -0.2) is 9.97 Å². The number of aliphatic carboxylic acids is 1. The molecule has 7 nitrogen and oxygen atoms in total. The van der Waals surface area contributed by atoms with Gasteiger partial charge in [0.1, 0.15) is 11.3 Å². The molecule has 0 aliphatic carbocycles. The number of aromatic nitrogens is 3. The molecule has 0 aliphatic rings. The molecule has 0 aliphatic heterocycles. The fourth-order valence-corrected chi connectivity index (χ4v) is 4.04. The number of benzene rings is 1. The fraction of sp³-hybridized carbons (Fsp3) is 0.440. The van der Waals surface area contributed by atoms with E-state index in [1.807, 2.05) is 44.2 Å². The van der Waals surface area contributed by atoms with E-state index in [-0.39, 0.29) is 6.61 Å². The van der Waals surface area contributed by atoms with Crippen LogP contribution in [0, 0.1) is 19.3 Å². The Morgan fingerprint density at radius 2 is 1.81 bits per heavy atom. The summed E-state index contributed by atoms with van der Waals surface area (Å²) in [6.45, 7) is 11.7. The SMILES string of the molecule is CCOC(=O)C(C)(C(=O)O)C(C)c1ccc(Cn2c(CC)nc3c(C)cc(C)nc32)cc1. The van der Waals surface area contributed by atoms with E-state index in [0.717, 1.165) is 45.8 Å². The van der Waals surface area contributed by atoms with Crippen molar-refractivity contribution in [3.05, 3.63) is 58.5 Å². The zero-order chi connectivity index (χ0) is 23.6. The molecule has 3 rings (SSSR count). The average molecular weight is 438 g/mol. The minimum Gasteiger partial charge on any atom is -0.480 e. The molecule has 1 aromatic carbocycles. The van der Waals surface area contributed by atoms with Crippen LogP contribution in [-0.4, -0.2) is 38.2 Å². The van der Waals surface area contributed by atoms with Gasteiger partial charge in [-0.2, -0.15) is 0 Å². The lowest BCUT2D eigenvalue weighted by atomic mass is 9.74. The Labute approximate surface area is 188 Å². The lowest BCUT2D eigenvalue weighted by molar-refractivity contribution is -0.168. The Bertz CT molecular complexity index is 1150. The first-order chi connectivity index (χ1) is 15.1. The molecule has 2 unspecified atom stereocenters. The van der Waals surface area contributed by atoms with Crippen molar-refractivity contribution in [3.63, 3.8) is 0 Å². The van der Waals surface area contributed by atoms with Crippen LogP contribution in [0.25, 0.3) is 11.2 Å². The number of fused-ring (bicyclic) bond motifs is 1. The molecule has 7 heteroatoms. The minimum atomic E-state index is -1.66. The van der Waals surface area contributed by atoms with Crippen LogP contribution in [0.4, 0.5) is 0 Å². The first-order valence-corrected chi connectivity index (χ1v) is 11.0. The van der Waals surface area contributed by atoms with Crippen LogP contribution in [0.3, 0.4) is 0 Å². The van der Waals surface area contributed by atoms with E-state index >= 15 is 0 Å². The molecule has 170 valence electrons. The van der Waals surface area contributed by atoms with Crippen LogP contribution in [0.5, 0.6) is 0 Å². The number of nitrogens with zero attached hydrogens (tertiary/aromatic N) is 3. The summed E-state index contributed by atoms with van der Waals surface area (Å²) in [4.78, 5) is 33.9. The Morgan fingerprint density at radius 1 is 1.16 bits per heavy atom. The number of ether oxygens (including phenoxy) is 1. The number of imidazole rings is 1. The lowest BCUT2D eigenvalue weighted by Gasteiger charge is -2.29. The molecule has 2 atom stereocenters. The zero-order valence-corrected chi connectivity index (χ0v) is 19.6. The topological polar surface area (TPSA) is 94.3 Å². The Hall–Kier alpha value is -3.22. The third kappa shape index (κ3) is 4.11. The van der Waals surface area contributed by atoms with Crippen LogP contribution >= 0.6 is 0 Å². The zero-order valence-electron chi connectivity index (χ0n) is 19.6. The van der Waals surface area contributed by atoms with Crippen LogP contribution in [-0.2, 0) is 27.3 Å². The van der Waals surface area contributed by atoms with E-state index in [1.54, 1.807) is 13.8 Å². The van der Waals surface area contributed by atoms with Crippen LogP contribution < -0.4 is 0 Å². The van der Waals surface area contributed by atoms with E-state index in [0.29, 0.717) is 6.54 Å². The Morgan fingerprint density at radius 3 is 2.38 bits per heavy atom. The van der Waals surface area contributed by atoms with E-state index in [1.165, 1.54) is 6.92 Å². The second kappa shape index (κ2) is 9.10. The van der Waals surface area contributed by atoms with Gasteiger partial charge in [-0.3, -0.25) is 9.59 Å². The first kappa shape index (κ1) is 23.4. The molecule has 0 radical (unpaired) electrons. The molecule has 0 saturated heterocycles. The third-order valence-electron chi connectivity index (χ3n) is 6.25. The van der Waals surface area contributed by atoms with Crippen molar-refractivity contribution in [2.24, 2.45) is 5.41 Å². The maximum atomic E-state index is 12.4. The van der Waals surface area contributed by atoms with E-state index < -0.39 is 23.3 Å². The molecule has 1 N–H and O–H groups in total. The molecular weight excluding hydrogens is 406 g/mol. The second-order valence-corrected chi connectivity index (χ2v) is 8.41. The van der Waals surface area contributed by atoms with Gasteiger partial charge in [-0.05, 0) is 50.5 Å². The number of carbonyl (C=O) groups is 2. The number of carboxylic acids is 1. The normalized spacial score (nSPS) is 14.2. The molecule has 0 spiro atoms. The first-order valence-electron chi connectivity index (χ1n) is 11.0. The van der Waals surface area contributed by atoms with Crippen LogP contribution in [0.15, 0.2) is 30.3 Å². The standard InChI is InChI=1S/C25H31N3O4/c1-7-20-27-21-15(3)13-16(4)26-22(21)28(20)14-18-9-11-19(12-10-18)17(5)25(6,23(29)30)24(31)32-8-2/h9-13,17H,7-8,14H2,1-6H3,(H,29,30). The third-order valence-corrected chi connectivity index (χ3v) is 6.25. The van der Waals surface area contributed by atoms with Crippen molar-refractivity contribution < 1.29 is 19.4 Å². The summed E-state index contributed by atoms with van der Waals surface area (Å²) < 4.78 is 7.19. The lowest BCUT2D eigenvalue weighted by Crippen LogP contribution is -2.42. The van der Waals surface area contributed by atoms with Crippen molar-refractivity contribution in [3.8, 4) is 0 Å². The quantitative estimate of drug-likeness (QED) is 0.414. The van der Waals surface area contributed by atoms with Crippen molar-refractivity contribution >= 4 is 23.1 Å². The summed E-state index contributed by atoms with van der Waals surface area (Å²) in [6.07, 6.45) is 0.792. The number of rotatable bonds is 8. The number of hydrogen-bond acceptors (Lipinski definition) is 5. The molecule has 2 heterocycles. The van der Waals surface area contributed by atoms with Crippen molar-refractivity contribution in [2.45, 2.75) is 60.4 Å². The highest BCUT2D eigenvalue weighted by molar-refractivity contribution is 5.99. The summed E-state index contributed by atoms with van der Waals surface area (Å²) in [5, 5.41) is 9.77. The fourth-order valence-electron chi connectivity index (χ4n) is 4.04. The smallest absolute Gasteiger partial charge is 0.323 e. The number of carboxylic acid groups (broad SMARTS) is 1. The van der Waals surface area contributed by atoms with Crippen molar-refractivity contribution in [2.75, 3.05) is 6.61 Å². The highest BCUT2D eigenvalue weighted by atomic mass is 16.5. The van der Waals surface area contributed by atoms with Gasteiger partial charge in [-0.1, -0.05) is 38.1 Å². The molecule has 0 fully saturated rings. The highest BCUT2D eigenvalue weighted by Crippen LogP contribution is 2.37. The summed E-state index contributed by atoms with van der Waals surface area (Å²) in [5.74, 6) is -1.50. The number of carbonyl (C=O) groups excluding carboxylic acids is 1. The van der Waals surface area contributed by atoms with Crippen LogP contribution in [0.1, 0.15) is 61.8 Å². The molecule has 32 heavy (non-hydrogen) atoms. The van der Waals surface area contributed by atoms with Gasteiger partial charge in [0.25, 0.3) is 0 Å². The van der Waals surface area contributed by atoms with E-state index in [4.69, 9.17) is 14.7 Å².